The normalized spacial score (nSPS) is 14.2. The molecule has 1 nitrogen and oxygen atoms in total. The third-order valence-electron chi connectivity index (χ3n) is 15.3. The Kier molecular flexibility index (Phi) is 7.45. The summed E-state index contributed by atoms with van der Waals surface area (Å²) in [4.78, 5) is 2.62. The summed E-state index contributed by atoms with van der Waals surface area (Å²) in [5.41, 5.74) is 21.0. The molecule has 0 amide bonds. The fourth-order valence-electron chi connectivity index (χ4n) is 12.5. The van der Waals surface area contributed by atoms with E-state index in [1.54, 1.807) is 0 Å². The van der Waals surface area contributed by atoms with E-state index in [-0.39, 0.29) is 5.41 Å². The van der Waals surface area contributed by atoms with E-state index in [9.17, 15) is 0 Å². The van der Waals surface area contributed by atoms with Crippen LogP contribution in [0, 0.1) is 0 Å². The average Bonchev–Trinajstić information content (AvgIpc) is 3.92. The van der Waals surface area contributed by atoms with Crippen LogP contribution in [-0.4, -0.2) is 0 Å². The predicted octanol–water partition coefficient (Wildman–Crippen LogP) is 16.9. The molecule has 65 heavy (non-hydrogen) atoms. The molecule has 11 aromatic carbocycles. The van der Waals surface area contributed by atoms with Gasteiger partial charge in [0.15, 0.2) is 0 Å². The minimum Gasteiger partial charge on any atom is -0.309 e. The van der Waals surface area contributed by atoms with Gasteiger partial charge in [-0.3, -0.25) is 0 Å². The Hall–Kier alpha value is -8.00. The quantitative estimate of drug-likeness (QED) is 0.160. The van der Waals surface area contributed by atoms with E-state index in [0.717, 1.165) is 11.4 Å². The molecule has 3 aliphatic carbocycles. The first kappa shape index (κ1) is 36.5. The van der Waals surface area contributed by atoms with Gasteiger partial charge in [0.1, 0.15) is 0 Å². The van der Waals surface area contributed by atoms with Gasteiger partial charge in [0.25, 0.3) is 0 Å². The lowest BCUT2D eigenvalue weighted by atomic mass is 9.70. The number of hydrogen-bond acceptors (Lipinski definition) is 1. The maximum Gasteiger partial charge on any atom is 0.0726 e. The lowest BCUT2D eigenvalue weighted by Gasteiger charge is -2.34. The Morgan fingerprint density at radius 2 is 0.769 bits per heavy atom. The Morgan fingerprint density at radius 1 is 0.292 bits per heavy atom. The Labute approximate surface area is 379 Å². The lowest BCUT2D eigenvalue weighted by Crippen LogP contribution is -2.26. The highest BCUT2D eigenvalue weighted by molar-refractivity contribution is 6.26. The van der Waals surface area contributed by atoms with Crippen LogP contribution in [0.25, 0.3) is 76.8 Å². The minimum atomic E-state index is -0.500. The van der Waals surface area contributed by atoms with Crippen molar-refractivity contribution in [3.63, 3.8) is 0 Å². The van der Waals surface area contributed by atoms with Gasteiger partial charge in [-0.05, 0) is 129 Å². The van der Waals surface area contributed by atoms with Crippen LogP contribution in [0.4, 0.5) is 17.1 Å². The molecule has 3 aliphatic rings. The fraction of sp³-hybridized carbons (Fsp3) is 0.0625. The third kappa shape index (κ3) is 4.77. The van der Waals surface area contributed by atoms with Crippen molar-refractivity contribution < 1.29 is 0 Å². The molecule has 0 bridgehead atoms. The summed E-state index contributed by atoms with van der Waals surface area (Å²) < 4.78 is 0. The molecule has 0 atom stereocenters. The molecule has 0 aliphatic heterocycles. The number of anilines is 3. The Balaban J connectivity index is 1.15. The molecule has 0 heterocycles. The molecular formula is C64H43N. The smallest absolute Gasteiger partial charge is 0.0726 e. The van der Waals surface area contributed by atoms with Crippen LogP contribution < -0.4 is 4.90 Å². The lowest BCUT2D eigenvalue weighted by molar-refractivity contribution is 0.660. The molecule has 0 radical (unpaired) electrons. The van der Waals surface area contributed by atoms with E-state index in [1.165, 1.54) is 116 Å². The summed E-state index contributed by atoms with van der Waals surface area (Å²) in [6.45, 7) is 4.78. The van der Waals surface area contributed by atoms with E-state index in [1.807, 2.05) is 0 Å². The Morgan fingerprint density at radius 3 is 1.38 bits per heavy atom. The van der Waals surface area contributed by atoms with Crippen molar-refractivity contribution in [3.05, 3.63) is 258 Å². The first-order chi connectivity index (χ1) is 32.0. The topological polar surface area (TPSA) is 3.24 Å². The molecule has 1 heteroatoms. The number of benzene rings is 11. The van der Waals surface area contributed by atoms with Gasteiger partial charge in [-0.2, -0.15) is 0 Å². The zero-order valence-electron chi connectivity index (χ0n) is 36.3. The van der Waals surface area contributed by atoms with E-state index in [2.05, 4.69) is 243 Å². The molecule has 0 unspecified atom stereocenters. The minimum absolute atomic E-state index is 0.171. The highest BCUT2D eigenvalue weighted by Gasteiger charge is 2.52. The standard InChI is InChI=1S/C64H43N/c1-63(2)54-29-14-13-28-50(54)62-58(63)33-18-34-60(62)65(41-35-36-46-44-23-7-6-21-42(44)43-22-8-9-24-45(43)52(46)37-41)61-39-59-53(38-51(61)40-19-4-3-5-20-40)49-27-12-17-32-57(49)64(59)55-30-15-10-25-47(55)48-26-11-16-31-56(48)64/h3-39H,1-2H3. The van der Waals surface area contributed by atoms with Crippen LogP contribution in [0.5, 0.6) is 0 Å². The maximum atomic E-state index is 2.62. The molecule has 0 saturated carbocycles. The van der Waals surface area contributed by atoms with Crippen LogP contribution >= 0.6 is 0 Å². The van der Waals surface area contributed by atoms with E-state index in [4.69, 9.17) is 0 Å². The van der Waals surface area contributed by atoms with E-state index >= 15 is 0 Å². The largest absolute Gasteiger partial charge is 0.309 e. The summed E-state index contributed by atoms with van der Waals surface area (Å²) in [6, 6.07) is 84.8. The summed E-state index contributed by atoms with van der Waals surface area (Å²) >= 11 is 0. The average molecular weight is 826 g/mol. The maximum absolute atomic E-state index is 2.62. The van der Waals surface area contributed by atoms with Crippen molar-refractivity contribution in [1.29, 1.82) is 0 Å². The number of nitrogens with zero attached hydrogens (tertiary/aromatic N) is 1. The van der Waals surface area contributed by atoms with Crippen LogP contribution in [-0.2, 0) is 10.8 Å². The van der Waals surface area contributed by atoms with Crippen LogP contribution in [0.2, 0.25) is 0 Å². The summed E-state index contributed by atoms with van der Waals surface area (Å²) in [6.07, 6.45) is 0. The summed E-state index contributed by atoms with van der Waals surface area (Å²) in [5.74, 6) is 0. The number of rotatable bonds is 4. The van der Waals surface area contributed by atoms with Gasteiger partial charge in [-0.25, -0.2) is 0 Å². The van der Waals surface area contributed by atoms with Gasteiger partial charge in [0, 0.05) is 22.2 Å². The highest BCUT2D eigenvalue weighted by Crippen LogP contribution is 2.65. The molecule has 0 saturated heterocycles. The molecule has 0 fully saturated rings. The molecule has 11 aromatic rings. The second-order valence-corrected chi connectivity index (χ2v) is 18.7. The van der Waals surface area contributed by atoms with Gasteiger partial charge in [-0.1, -0.05) is 208 Å². The Bertz CT molecular complexity index is 3730. The number of hydrogen-bond donors (Lipinski definition) is 0. The van der Waals surface area contributed by atoms with Crippen molar-refractivity contribution >= 4 is 49.4 Å². The zero-order chi connectivity index (χ0) is 43.0. The van der Waals surface area contributed by atoms with Crippen LogP contribution in [0.15, 0.2) is 224 Å². The molecular weight excluding hydrogens is 783 g/mol. The van der Waals surface area contributed by atoms with Crippen molar-refractivity contribution in [3.8, 4) is 44.5 Å². The SMILES string of the molecule is CC1(C)c2ccccc2-c2c(N(c3ccc4c5ccccc5c5ccccc5c4c3)c3cc4c(cc3-c3ccccc3)-c3ccccc3C43c4ccccc4-c4ccccc43)cccc21. The molecule has 0 aromatic heterocycles. The second kappa shape index (κ2) is 13.3. The van der Waals surface area contributed by atoms with Gasteiger partial charge in [-0.15, -0.1) is 0 Å². The first-order valence-electron chi connectivity index (χ1n) is 22.9. The van der Waals surface area contributed by atoms with E-state index < -0.39 is 5.41 Å². The molecule has 0 N–H and O–H groups in total. The number of fused-ring (bicyclic) bond motifs is 19. The van der Waals surface area contributed by atoms with Crippen molar-refractivity contribution in [2.45, 2.75) is 24.7 Å². The van der Waals surface area contributed by atoms with E-state index in [0.29, 0.717) is 0 Å². The molecule has 14 rings (SSSR count). The van der Waals surface area contributed by atoms with Gasteiger partial charge >= 0.3 is 0 Å². The van der Waals surface area contributed by atoms with Crippen LogP contribution in [0.3, 0.4) is 0 Å². The fourth-order valence-corrected chi connectivity index (χ4v) is 12.5. The predicted molar refractivity (Wildman–Crippen MR) is 273 cm³/mol. The van der Waals surface area contributed by atoms with Crippen LogP contribution in [0.1, 0.15) is 47.2 Å². The first-order valence-corrected chi connectivity index (χ1v) is 22.9. The van der Waals surface area contributed by atoms with Crippen molar-refractivity contribution in [2.24, 2.45) is 0 Å². The van der Waals surface area contributed by atoms with Gasteiger partial charge < -0.3 is 4.90 Å². The molecule has 304 valence electrons. The monoisotopic (exact) mass is 825 g/mol. The summed E-state index contributed by atoms with van der Waals surface area (Å²) in [5, 5.41) is 7.61. The molecule has 1 spiro atoms. The van der Waals surface area contributed by atoms with Gasteiger partial charge in [0.05, 0.1) is 16.8 Å². The van der Waals surface area contributed by atoms with Crippen molar-refractivity contribution in [2.75, 3.05) is 4.90 Å². The summed E-state index contributed by atoms with van der Waals surface area (Å²) in [7, 11) is 0. The second-order valence-electron chi connectivity index (χ2n) is 18.7. The van der Waals surface area contributed by atoms with Crippen molar-refractivity contribution in [1.82, 2.24) is 0 Å². The highest BCUT2D eigenvalue weighted by atomic mass is 15.1. The van der Waals surface area contributed by atoms with Gasteiger partial charge in [0.2, 0.25) is 0 Å². The third-order valence-corrected chi connectivity index (χ3v) is 15.3. The zero-order valence-corrected chi connectivity index (χ0v) is 36.3.